The van der Waals surface area contributed by atoms with E-state index in [0.717, 1.165) is 38.5 Å². The first-order valence-corrected chi connectivity index (χ1v) is 8.44. The molecule has 1 atom stereocenters. The highest BCUT2D eigenvalue weighted by Crippen LogP contribution is 2.04. The molecule has 3 nitrogen and oxygen atoms in total. The van der Waals surface area contributed by atoms with Gasteiger partial charge in [-0.2, -0.15) is 0 Å². The van der Waals surface area contributed by atoms with Crippen molar-refractivity contribution in [1.29, 1.82) is 0 Å². The Morgan fingerprint density at radius 1 is 1.05 bits per heavy atom. The molecule has 0 saturated heterocycles. The second-order valence-electron chi connectivity index (χ2n) is 5.39. The molecule has 0 unspecified atom stereocenters. The number of hydrogen-bond acceptors (Lipinski definition) is 3. The van der Waals surface area contributed by atoms with Crippen LogP contribution in [0.1, 0.15) is 64.7 Å². The number of carbonyl (C=O) groups is 1. The predicted molar refractivity (Wildman–Crippen MR) is 92.7 cm³/mol. The number of ether oxygens (including phenoxy) is 1. The molecule has 0 aliphatic rings. The molecule has 0 aliphatic carbocycles. The van der Waals surface area contributed by atoms with Crippen molar-refractivity contribution >= 4 is 5.97 Å². The lowest BCUT2D eigenvalue weighted by Gasteiger charge is -2.02. The van der Waals surface area contributed by atoms with Crippen LogP contribution < -0.4 is 0 Å². The first kappa shape index (κ1) is 20.6. The first-order chi connectivity index (χ1) is 10.7. The number of aliphatic hydroxyl groups excluding tert-OH is 1. The third-order valence-electron chi connectivity index (χ3n) is 3.33. The van der Waals surface area contributed by atoms with Gasteiger partial charge < -0.3 is 9.84 Å². The SMILES string of the molecule is CCCCC[C@H](O)/C=C/C=C\CC/C=C\CCCC(=O)OC. The van der Waals surface area contributed by atoms with Crippen LogP contribution in [-0.4, -0.2) is 24.3 Å². The molecule has 126 valence electrons. The average Bonchev–Trinajstić information content (AvgIpc) is 2.52. The van der Waals surface area contributed by atoms with Crippen molar-refractivity contribution in [2.24, 2.45) is 0 Å². The Kier molecular flexibility index (Phi) is 15.0. The number of methoxy groups -OCH3 is 1. The molecule has 0 radical (unpaired) electrons. The molecule has 0 aromatic heterocycles. The maximum Gasteiger partial charge on any atom is 0.305 e. The van der Waals surface area contributed by atoms with E-state index < -0.39 is 0 Å². The Morgan fingerprint density at radius 3 is 2.50 bits per heavy atom. The molecule has 0 aliphatic heterocycles. The second-order valence-corrected chi connectivity index (χ2v) is 5.39. The lowest BCUT2D eigenvalue weighted by Crippen LogP contribution is -2.00. The van der Waals surface area contributed by atoms with Crippen LogP contribution in [0.2, 0.25) is 0 Å². The third kappa shape index (κ3) is 15.0. The number of hydrogen-bond donors (Lipinski definition) is 1. The van der Waals surface area contributed by atoms with Crippen molar-refractivity contribution in [3.05, 3.63) is 36.5 Å². The molecule has 0 heterocycles. The van der Waals surface area contributed by atoms with E-state index in [9.17, 15) is 9.90 Å². The largest absolute Gasteiger partial charge is 0.469 e. The van der Waals surface area contributed by atoms with Gasteiger partial charge in [0.2, 0.25) is 0 Å². The summed E-state index contributed by atoms with van der Waals surface area (Å²) in [6.07, 6.45) is 20.4. The number of carbonyl (C=O) groups excluding carboxylic acids is 1. The van der Waals surface area contributed by atoms with Gasteiger partial charge in [0.25, 0.3) is 0 Å². The lowest BCUT2D eigenvalue weighted by molar-refractivity contribution is -0.140. The number of allylic oxidation sites excluding steroid dienone is 5. The summed E-state index contributed by atoms with van der Waals surface area (Å²) in [6, 6.07) is 0. The van der Waals surface area contributed by atoms with Gasteiger partial charge in [0.1, 0.15) is 0 Å². The Bertz CT molecular complexity index is 343. The summed E-state index contributed by atoms with van der Waals surface area (Å²) in [6.45, 7) is 2.17. The number of rotatable bonds is 13. The minimum atomic E-state index is -0.314. The molecule has 0 rings (SSSR count). The zero-order valence-corrected chi connectivity index (χ0v) is 14.2. The van der Waals surface area contributed by atoms with Gasteiger partial charge in [-0.25, -0.2) is 0 Å². The molecule has 3 heteroatoms. The van der Waals surface area contributed by atoms with Crippen LogP contribution in [0.4, 0.5) is 0 Å². The topological polar surface area (TPSA) is 46.5 Å². The molecule has 0 aromatic rings. The van der Waals surface area contributed by atoms with Crippen LogP contribution in [0, 0.1) is 0 Å². The molecular weight excluding hydrogens is 276 g/mol. The summed E-state index contributed by atoms with van der Waals surface area (Å²) in [7, 11) is 1.42. The summed E-state index contributed by atoms with van der Waals surface area (Å²) in [5.74, 6) is -0.139. The Hall–Kier alpha value is -1.35. The maximum atomic E-state index is 10.9. The highest BCUT2D eigenvalue weighted by molar-refractivity contribution is 5.68. The van der Waals surface area contributed by atoms with E-state index in [-0.39, 0.29) is 12.1 Å². The summed E-state index contributed by atoms with van der Waals surface area (Å²) >= 11 is 0. The van der Waals surface area contributed by atoms with E-state index in [1.54, 1.807) is 0 Å². The van der Waals surface area contributed by atoms with Crippen LogP contribution in [0.15, 0.2) is 36.5 Å². The average molecular weight is 308 g/mol. The molecule has 0 bridgehead atoms. The highest BCUT2D eigenvalue weighted by Gasteiger charge is 1.97. The quantitative estimate of drug-likeness (QED) is 0.232. The van der Waals surface area contributed by atoms with Crippen LogP contribution in [0.5, 0.6) is 0 Å². The fourth-order valence-corrected chi connectivity index (χ4v) is 1.96. The highest BCUT2D eigenvalue weighted by atomic mass is 16.5. The van der Waals surface area contributed by atoms with Crippen molar-refractivity contribution in [2.45, 2.75) is 70.8 Å². The van der Waals surface area contributed by atoms with Gasteiger partial charge >= 0.3 is 5.97 Å². The van der Waals surface area contributed by atoms with Crippen molar-refractivity contribution in [2.75, 3.05) is 7.11 Å². The number of aliphatic hydroxyl groups is 1. The summed E-state index contributed by atoms with van der Waals surface area (Å²) < 4.78 is 4.58. The Balaban J connectivity index is 3.51. The summed E-state index contributed by atoms with van der Waals surface area (Å²) in [5, 5.41) is 9.69. The number of esters is 1. The standard InChI is InChI=1S/C19H32O3/c1-3-4-12-15-18(20)16-13-10-8-6-5-7-9-11-14-17-19(21)22-2/h7-10,13,16,18,20H,3-6,11-12,14-15,17H2,1-2H3/b9-7-,10-8-,16-13+/t18-/m0/s1. The summed E-state index contributed by atoms with van der Waals surface area (Å²) in [5.41, 5.74) is 0. The van der Waals surface area contributed by atoms with E-state index >= 15 is 0 Å². The molecule has 0 amide bonds. The Labute approximate surface area is 135 Å². The third-order valence-corrected chi connectivity index (χ3v) is 3.33. The minimum absolute atomic E-state index is 0.139. The lowest BCUT2D eigenvalue weighted by atomic mass is 10.1. The molecule has 1 N–H and O–H groups in total. The molecule has 0 aromatic carbocycles. The van der Waals surface area contributed by atoms with Crippen molar-refractivity contribution < 1.29 is 14.6 Å². The minimum Gasteiger partial charge on any atom is -0.469 e. The molecule has 0 spiro atoms. The van der Waals surface area contributed by atoms with E-state index in [0.29, 0.717) is 6.42 Å². The van der Waals surface area contributed by atoms with Gasteiger partial charge in [-0.15, -0.1) is 0 Å². The fourth-order valence-electron chi connectivity index (χ4n) is 1.96. The van der Waals surface area contributed by atoms with Crippen LogP contribution >= 0.6 is 0 Å². The van der Waals surface area contributed by atoms with E-state index in [1.165, 1.54) is 20.0 Å². The van der Waals surface area contributed by atoms with Gasteiger partial charge in [-0.05, 0) is 32.1 Å². The van der Waals surface area contributed by atoms with Crippen molar-refractivity contribution in [1.82, 2.24) is 0 Å². The molecule has 0 saturated carbocycles. The zero-order chi connectivity index (χ0) is 16.5. The normalized spacial score (nSPS) is 13.4. The van der Waals surface area contributed by atoms with Gasteiger partial charge in [0.15, 0.2) is 0 Å². The number of unbranched alkanes of at least 4 members (excludes halogenated alkanes) is 4. The predicted octanol–water partition coefficient (Wildman–Crippen LogP) is 4.72. The molecular formula is C19H32O3. The van der Waals surface area contributed by atoms with E-state index in [1.807, 2.05) is 18.2 Å². The van der Waals surface area contributed by atoms with Crippen molar-refractivity contribution in [3.8, 4) is 0 Å². The fraction of sp³-hybridized carbons (Fsp3) is 0.632. The van der Waals surface area contributed by atoms with Crippen LogP contribution in [0.25, 0.3) is 0 Å². The maximum absolute atomic E-state index is 10.9. The van der Waals surface area contributed by atoms with Crippen LogP contribution in [-0.2, 0) is 9.53 Å². The van der Waals surface area contributed by atoms with Crippen LogP contribution in [0.3, 0.4) is 0 Å². The molecule has 22 heavy (non-hydrogen) atoms. The van der Waals surface area contributed by atoms with Gasteiger partial charge in [0, 0.05) is 6.42 Å². The second kappa shape index (κ2) is 16.0. The van der Waals surface area contributed by atoms with E-state index in [4.69, 9.17) is 0 Å². The zero-order valence-electron chi connectivity index (χ0n) is 14.2. The van der Waals surface area contributed by atoms with E-state index in [2.05, 4.69) is 29.9 Å². The van der Waals surface area contributed by atoms with Gasteiger partial charge in [-0.1, -0.05) is 62.6 Å². The Morgan fingerprint density at radius 2 is 1.77 bits per heavy atom. The summed E-state index contributed by atoms with van der Waals surface area (Å²) in [4.78, 5) is 10.9. The monoisotopic (exact) mass is 308 g/mol. The first-order valence-electron chi connectivity index (χ1n) is 8.44. The van der Waals surface area contributed by atoms with Gasteiger partial charge in [-0.3, -0.25) is 4.79 Å². The molecule has 0 fully saturated rings. The van der Waals surface area contributed by atoms with Crippen molar-refractivity contribution in [3.63, 3.8) is 0 Å². The smallest absolute Gasteiger partial charge is 0.305 e. The van der Waals surface area contributed by atoms with Gasteiger partial charge in [0.05, 0.1) is 13.2 Å².